The van der Waals surface area contributed by atoms with Crippen LogP contribution in [-0.4, -0.2) is 68.5 Å². The van der Waals surface area contributed by atoms with E-state index in [-0.39, 0.29) is 17.0 Å². The standard InChI is InChI=1S/C15H19N3O6S/c1-16-5-7-17(8-6-16)25(21,22)11-3-4-12-13(9-11)24-15(20)18(12)10-14(19)23-2/h3-4,9H,5-8,10H2,1-2H3. The fraction of sp³-hybridized carbons (Fsp3) is 0.467. The molecule has 136 valence electrons. The van der Waals surface area contributed by atoms with E-state index in [1.54, 1.807) is 0 Å². The van der Waals surface area contributed by atoms with Crippen LogP contribution in [0.3, 0.4) is 0 Å². The van der Waals surface area contributed by atoms with Gasteiger partial charge in [-0.1, -0.05) is 0 Å². The van der Waals surface area contributed by atoms with Crippen molar-refractivity contribution in [2.24, 2.45) is 0 Å². The molecule has 0 aliphatic carbocycles. The Morgan fingerprint density at radius 2 is 1.92 bits per heavy atom. The van der Waals surface area contributed by atoms with Crippen LogP contribution in [0.15, 0.2) is 32.3 Å². The Kier molecular flexibility index (Phi) is 4.67. The summed E-state index contributed by atoms with van der Waals surface area (Å²) in [7, 11) is -0.507. The third kappa shape index (κ3) is 3.32. The van der Waals surface area contributed by atoms with Gasteiger partial charge in [0, 0.05) is 32.2 Å². The van der Waals surface area contributed by atoms with E-state index >= 15 is 0 Å². The molecule has 0 atom stereocenters. The van der Waals surface area contributed by atoms with Crippen LogP contribution >= 0.6 is 0 Å². The molecule has 0 saturated carbocycles. The first-order chi connectivity index (χ1) is 11.8. The molecule has 2 aromatic rings. The van der Waals surface area contributed by atoms with Gasteiger partial charge in [0.2, 0.25) is 10.0 Å². The number of nitrogens with zero attached hydrogens (tertiary/aromatic N) is 3. The number of rotatable bonds is 4. The molecule has 2 heterocycles. The molecule has 1 aromatic heterocycles. The van der Waals surface area contributed by atoms with E-state index in [1.165, 1.54) is 29.6 Å². The number of ether oxygens (including phenoxy) is 1. The largest absolute Gasteiger partial charge is 0.468 e. The van der Waals surface area contributed by atoms with E-state index in [0.717, 1.165) is 4.57 Å². The normalized spacial score (nSPS) is 17.0. The Balaban J connectivity index is 1.96. The maximum Gasteiger partial charge on any atom is 0.420 e. The van der Waals surface area contributed by atoms with E-state index < -0.39 is 21.7 Å². The second-order valence-corrected chi connectivity index (χ2v) is 7.81. The van der Waals surface area contributed by atoms with E-state index in [1.807, 2.05) is 7.05 Å². The molecule has 1 aromatic carbocycles. The molecule has 25 heavy (non-hydrogen) atoms. The van der Waals surface area contributed by atoms with Crippen LogP contribution < -0.4 is 5.76 Å². The van der Waals surface area contributed by atoms with Gasteiger partial charge in [0.1, 0.15) is 6.54 Å². The van der Waals surface area contributed by atoms with Gasteiger partial charge >= 0.3 is 11.7 Å². The summed E-state index contributed by atoms with van der Waals surface area (Å²) in [5.41, 5.74) is 0.455. The van der Waals surface area contributed by atoms with Gasteiger partial charge in [0.15, 0.2) is 5.58 Å². The molecule has 9 nitrogen and oxygen atoms in total. The highest BCUT2D eigenvalue weighted by atomic mass is 32.2. The smallest absolute Gasteiger partial charge is 0.420 e. The molecule has 1 fully saturated rings. The number of hydrogen-bond donors (Lipinski definition) is 0. The molecule has 0 spiro atoms. The van der Waals surface area contributed by atoms with Crippen LogP contribution in [0.5, 0.6) is 0 Å². The van der Waals surface area contributed by atoms with Gasteiger partial charge in [-0.3, -0.25) is 9.36 Å². The zero-order chi connectivity index (χ0) is 18.2. The Morgan fingerprint density at radius 1 is 1.24 bits per heavy atom. The van der Waals surface area contributed by atoms with Crippen molar-refractivity contribution in [3.05, 3.63) is 28.7 Å². The number of oxazole rings is 1. The minimum Gasteiger partial charge on any atom is -0.468 e. The van der Waals surface area contributed by atoms with Crippen LogP contribution in [0.4, 0.5) is 0 Å². The number of aromatic nitrogens is 1. The van der Waals surface area contributed by atoms with Gasteiger partial charge in [-0.25, -0.2) is 13.2 Å². The van der Waals surface area contributed by atoms with Crippen molar-refractivity contribution in [1.29, 1.82) is 0 Å². The zero-order valence-corrected chi connectivity index (χ0v) is 14.8. The van der Waals surface area contributed by atoms with Gasteiger partial charge in [-0.05, 0) is 19.2 Å². The van der Waals surface area contributed by atoms with Gasteiger partial charge in [0.25, 0.3) is 0 Å². The first-order valence-electron chi connectivity index (χ1n) is 7.72. The number of fused-ring (bicyclic) bond motifs is 1. The minimum absolute atomic E-state index is 0.0588. The summed E-state index contributed by atoms with van der Waals surface area (Å²) >= 11 is 0. The summed E-state index contributed by atoms with van der Waals surface area (Å²) in [6.07, 6.45) is 0. The lowest BCUT2D eigenvalue weighted by Gasteiger charge is -2.31. The minimum atomic E-state index is -3.66. The van der Waals surface area contributed by atoms with Gasteiger partial charge < -0.3 is 14.1 Å². The molecular formula is C15H19N3O6S. The van der Waals surface area contributed by atoms with E-state index in [4.69, 9.17) is 4.42 Å². The van der Waals surface area contributed by atoms with E-state index in [2.05, 4.69) is 9.64 Å². The molecule has 10 heteroatoms. The number of hydrogen-bond acceptors (Lipinski definition) is 7. The molecular weight excluding hydrogens is 350 g/mol. The molecule has 1 aliphatic rings. The monoisotopic (exact) mass is 369 g/mol. The maximum absolute atomic E-state index is 12.8. The van der Waals surface area contributed by atoms with E-state index in [9.17, 15) is 18.0 Å². The summed E-state index contributed by atoms with van der Waals surface area (Å²) in [6.45, 7) is 1.83. The predicted molar refractivity (Wildman–Crippen MR) is 88.7 cm³/mol. The number of likely N-dealkylation sites (N-methyl/N-ethyl adjacent to an activating group) is 1. The number of methoxy groups -OCH3 is 1. The van der Waals surface area contributed by atoms with Crippen molar-refractivity contribution in [2.75, 3.05) is 40.3 Å². The topological polar surface area (TPSA) is 102 Å². The van der Waals surface area contributed by atoms with Gasteiger partial charge in [-0.2, -0.15) is 4.31 Å². The molecule has 0 bridgehead atoms. The molecule has 3 rings (SSSR count). The number of esters is 1. The van der Waals surface area contributed by atoms with Crippen molar-refractivity contribution in [3.63, 3.8) is 0 Å². The number of piperazine rings is 1. The number of benzene rings is 1. The van der Waals surface area contributed by atoms with Crippen molar-refractivity contribution in [3.8, 4) is 0 Å². The molecule has 0 N–H and O–H groups in total. The number of sulfonamides is 1. The summed E-state index contributed by atoms with van der Waals surface area (Å²) in [4.78, 5) is 25.4. The van der Waals surface area contributed by atoms with Crippen LogP contribution in [-0.2, 0) is 26.1 Å². The van der Waals surface area contributed by atoms with Crippen LogP contribution in [0.2, 0.25) is 0 Å². The number of carbonyl (C=O) groups excluding carboxylic acids is 1. The zero-order valence-electron chi connectivity index (χ0n) is 14.0. The lowest BCUT2D eigenvalue weighted by molar-refractivity contribution is -0.141. The lowest BCUT2D eigenvalue weighted by Crippen LogP contribution is -2.46. The Morgan fingerprint density at radius 3 is 2.56 bits per heavy atom. The molecule has 0 unspecified atom stereocenters. The number of carbonyl (C=O) groups is 1. The second kappa shape index (κ2) is 6.62. The summed E-state index contributed by atoms with van der Waals surface area (Å²) in [5, 5.41) is 0. The molecule has 0 radical (unpaired) electrons. The van der Waals surface area contributed by atoms with Crippen molar-refractivity contribution in [2.45, 2.75) is 11.4 Å². The average Bonchev–Trinajstić information content (AvgIpc) is 2.90. The first-order valence-corrected chi connectivity index (χ1v) is 9.16. The average molecular weight is 369 g/mol. The Labute approximate surface area is 144 Å². The fourth-order valence-corrected chi connectivity index (χ4v) is 4.17. The summed E-state index contributed by atoms with van der Waals surface area (Å²) in [6, 6.07) is 4.20. The molecule has 1 saturated heterocycles. The quantitative estimate of drug-likeness (QED) is 0.682. The van der Waals surface area contributed by atoms with Crippen molar-refractivity contribution in [1.82, 2.24) is 13.8 Å². The maximum atomic E-state index is 12.8. The first kappa shape index (κ1) is 17.6. The third-order valence-electron chi connectivity index (χ3n) is 4.25. The van der Waals surface area contributed by atoms with Crippen molar-refractivity contribution >= 4 is 27.1 Å². The van der Waals surface area contributed by atoms with Crippen LogP contribution in [0.1, 0.15) is 0 Å². The summed E-state index contributed by atoms with van der Waals surface area (Å²) in [5.74, 6) is -1.34. The predicted octanol–water partition coefficient (Wildman–Crippen LogP) is -0.296. The van der Waals surface area contributed by atoms with Gasteiger partial charge in [-0.15, -0.1) is 0 Å². The highest BCUT2D eigenvalue weighted by molar-refractivity contribution is 7.89. The van der Waals surface area contributed by atoms with Crippen LogP contribution in [0.25, 0.3) is 11.1 Å². The van der Waals surface area contributed by atoms with E-state index in [0.29, 0.717) is 31.7 Å². The molecule has 0 amide bonds. The SMILES string of the molecule is COC(=O)Cn1c(=O)oc2cc(S(=O)(=O)N3CCN(C)CC3)ccc21. The highest BCUT2D eigenvalue weighted by Crippen LogP contribution is 2.22. The third-order valence-corrected chi connectivity index (χ3v) is 6.15. The highest BCUT2D eigenvalue weighted by Gasteiger charge is 2.28. The van der Waals surface area contributed by atoms with Crippen molar-refractivity contribution < 1.29 is 22.4 Å². The van der Waals surface area contributed by atoms with Gasteiger partial charge in [0.05, 0.1) is 17.5 Å². The Hall–Kier alpha value is -2.17. The lowest BCUT2D eigenvalue weighted by atomic mass is 10.3. The Bertz CT molecular complexity index is 953. The second-order valence-electron chi connectivity index (χ2n) is 5.87. The van der Waals surface area contributed by atoms with Crippen LogP contribution in [0, 0.1) is 0 Å². The molecule has 1 aliphatic heterocycles. The summed E-state index contributed by atoms with van der Waals surface area (Å²) < 4.78 is 37.7. The fourth-order valence-electron chi connectivity index (χ4n) is 2.73.